The van der Waals surface area contributed by atoms with Gasteiger partial charge in [-0.2, -0.15) is 23.3 Å². The second-order valence-corrected chi connectivity index (χ2v) is 5.44. The lowest BCUT2D eigenvalue weighted by Gasteiger charge is -2.09. The number of aromatic nitrogens is 2. The Hall–Kier alpha value is -2.29. The molecule has 5 nitrogen and oxygen atoms in total. The van der Waals surface area contributed by atoms with Gasteiger partial charge >= 0.3 is 6.18 Å². The molecule has 0 unspecified atom stereocenters. The van der Waals surface area contributed by atoms with Crippen LogP contribution in [0.4, 0.5) is 19.0 Å². The Balaban J connectivity index is 2.23. The molecule has 1 aromatic carbocycles. The molecule has 128 valence electrons. The fourth-order valence-corrected chi connectivity index (χ4v) is 2.15. The molecule has 0 aliphatic heterocycles. The van der Waals surface area contributed by atoms with Crippen LogP contribution in [0.15, 0.2) is 40.6 Å². The topological polar surface area (TPSA) is 59.4 Å². The van der Waals surface area contributed by atoms with E-state index in [9.17, 15) is 13.2 Å². The van der Waals surface area contributed by atoms with E-state index in [2.05, 4.69) is 20.5 Å². The molecule has 1 heterocycles. The summed E-state index contributed by atoms with van der Waals surface area (Å²) in [4.78, 5) is 8.31. The third-order valence-electron chi connectivity index (χ3n) is 3.02. The SMILES string of the molecule is COc1cc(N/N=C(\C)c2cccc(C(F)(F)F)c2)nc(SC)n1. The van der Waals surface area contributed by atoms with Gasteiger partial charge in [0.25, 0.3) is 0 Å². The molecule has 0 bridgehead atoms. The van der Waals surface area contributed by atoms with Crippen LogP contribution in [0.25, 0.3) is 0 Å². The molecule has 0 saturated heterocycles. The first-order valence-corrected chi connectivity index (χ1v) is 8.01. The van der Waals surface area contributed by atoms with Gasteiger partial charge in [-0.25, -0.2) is 4.98 Å². The molecule has 2 rings (SSSR count). The summed E-state index contributed by atoms with van der Waals surface area (Å²) < 4.78 is 43.3. The molecular weight excluding hydrogens is 341 g/mol. The summed E-state index contributed by atoms with van der Waals surface area (Å²) in [6, 6.07) is 6.52. The van der Waals surface area contributed by atoms with Crippen LogP contribution < -0.4 is 10.2 Å². The lowest BCUT2D eigenvalue weighted by Crippen LogP contribution is -2.07. The number of hydrogen-bond donors (Lipinski definition) is 1. The zero-order valence-electron chi connectivity index (χ0n) is 13.2. The highest BCUT2D eigenvalue weighted by molar-refractivity contribution is 7.98. The molecular formula is C15H15F3N4OS. The molecule has 24 heavy (non-hydrogen) atoms. The number of nitrogens with one attached hydrogen (secondary N) is 1. The molecule has 9 heteroatoms. The van der Waals surface area contributed by atoms with Crippen molar-refractivity contribution in [2.45, 2.75) is 18.3 Å². The lowest BCUT2D eigenvalue weighted by molar-refractivity contribution is -0.137. The summed E-state index contributed by atoms with van der Waals surface area (Å²) in [5, 5.41) is 4.57. The van der Waals surface area contributed by atoms with Crippen molar-refractivity contribution in [1.29, 1.82) is 0 Å². The Labute approximate surface area is 141 Å². The highest BCUT2D eigenvalue weighted by atomic mass is 32.2. The van der Waals surface area contributed by atoms with Gasteiger partial charge < -0.3 is 4.74 Å². The second kappa shape index (κ2) is 7.52. The maximum atomic E-state index is 12.8. The molecule has 1 aromatic heterocycles. The summed E-state index contributed by atoms with van der Waals surface area (Å²) >= 11 is 1.33. The number of anilines is 1. The number of methoxy groups -OCH3 is 1. The van der Waals surface area contributed by atoms with Crippen LogP contribution in [-0.2, 0) is 6.18 Å². The first-order chi connectivity index (χ1) is 11.3. The molecule has 0 radical (unpaired) electrons. The quantitative estimate of drug-likeness (QED) is 0.379. The van der Waals surface area contributed by atoms with Gasteiger partial charge in [-0.1, -0.05) is 23.9 Å². The number of alkyl halides is 3. The summed E-state index contributed by atoms with van der Waals surface area (Å²) in [5.74, 6) is 0.751. The number of hydrogen-bond acceptors (Lipinski definition) is 6. The van der Waals surface area contributed by atoms with Gasteiger partial charge in [-0.3, -0.25) is 5.43 Å². The van der Waals surface area contributed by atoms with Gasteiger partial charge in [0.05, 0.1) is 18.4 Å². The monoisotopic (exact) mass is 356 g/mol. The van der Waals surface area contributed by atoms with Crippen molar-refractivity contribution in [1.82, 2.24) is 9.97 Å². The van der Waals surface area contributed by atoms with Gasteiger partial charge in [0.15, 0.2) is 11.0 Å². The van der Waals surface area contributed by atoms with E-state index in [0.29, 0.717) is 28.1 Å². The van der Waals surface area contributed by atoms with Crippen LogP contribution in [0.1, 0.15) is 18.1 Å². The van der Waals surface area contributed by atoms with E-state index >= 15 is 0 Å². The Morgan fingerprint density at radius 2 is 2.00 bits per heavy atom. The number of thioether (sulfide) groups is 1. The smallest absolute Gasteiger partial charge is 0.416 e. The predicted octanol–water partition coefficient (Wildman–Crippen LogP) is 4.06. The Morgan fingerprint density at radius 1 is 1.25 bits per heavy atom. The maximum Gasteiger partial charge on any atom is 0.416 e. The number of hydrazone groups is 1. The van der Waals surface area contributed by atoms with E-state index in [4.69, 9.17) is 4.74 Å². The molecule has 0 atom stereocenters. The third-order valence-corrected chi connectivity index (χ3v) is 3.57. The van der Waals surface area contributed by atoms with Gasteiger partial charge in [-0.05, 0) is 30.9 Å². The molecule has 2 aromatic rings. The average molecular weight is 356 g/mol. The molecule has 0 fully saturated rings. The number of benzene rings is 1. The van der Waals surface area contributed by atoms with Gasteiger partial charge in [0, 0.05) is 6.07 Å². The first kappa shape index (κ1) is 18.1. The minimum absolute atomic E-state index is 0.364. The third kappa shape index (κ3) is 4.60. The van der Waals surface area contributed by atoms with Crippen LogP contribution in [-0.4, -0.2) is 29.0 Å². The summed E-state index contributed by atoms with van der Waals surface area (Å²) in [6.07, 6.45) is -2.58. The van der Waals surface area contributed by atoms with Crippen LogP contribution in [0, 0.1) is 0 Å². The van der Waals surface area contributed by atoms with E-state index in [-0.39, 0.29) is 0 Å². The predicted molar refractivity (Wildman–Crippen MR) is 87.6 cm³/mol. The maximum absolute atomic E-state index is 12.8. The summed E-state index contributed by atoms with van der Waals surface area (Å²) in [7, 11) is 1.48. The van der Waals surface area contributed by atoms with Crippen molar-refractivity contribution in [3.63, 3.8) is 0 Å². The van der Waals surface area contributed by atoms with Crippen molar-refractivity contribution < 1.29 is 17.9 Å². The fraction of sp³-hybridized carbons (Fsp3) is 0.267. The molecule has 0 spiro atoms. The Kier molecular flexibility index (Phi) is 5.66. The van der Waals surface area contributed by atoms with E-state index in [1.54, 1.807) is 19.1 Å². The van der Waals surface area contributed by atoms with Crippen LogP contribution >= 0.6 is 11.8 Å². The summed E-state index contributed by atoms with van der Waals surface area (Å²) in [6.45, 7) is 1.61. The largest absolute Gasteiger partial charge is 0.481 e. The minimum Gasteiger partial charge on any atom is -0.481 e. The van der Waals surface area contributed by atoms with Gasteiger partial charge in [0.2, 0.25) is 5.88 Å². The van der Waals surface area contributed by atoms with Gasteiger partial charge in [-0.15, -0.1) is 0 Å². The van der Waals surface area contributed by atoms with Crippen molar-refractivity contribution in [2.24, 2.45) is 5.10 Å². The molecule has 0 aliphatic carbocycles. The van der Waals surface area contributed by atoms with Crippen molar-refractivity contribution >= 4 is 23.3 Å². The van der Waals surface area contributed by atoms with Crippen molar-refractivity contribution in [2.75, 3.05) is 18.8 Å². The average Bonchev–Trinajstić information content (AvgIpc) is 2.58. The normalized spacial score (nSPS) is 12.2. The first-order valence-electron chi connectivity index (χ1n) is 6.78. The minimum atomic E-state index is -4.39. The standard InChI is InChI=1S/C15H15F3N4OS/c1-9(10-5-4-6-11(7-10)15(16,17)18)21-22-12-8-13(23-2)20-14(19-12)24-3/h4-8H,1-3H3,(H,19,20,22)/b21-9+. The van der Waals surface area contributed by atoms with Crippen LogP contribution in [0.2, 0.25) is 0 Å². The van der Waals surface area contributed by atoms with Crippen LogP contribution in [0.3, 0.4) is 0 Å². The second-order valence-electron chi connectivity index (χ2n) is 4.67. The van der Waals surface area contributed by atoms with E-state index in [1.807, 2.05) is 6.26 Å². The van der Waals surface area contributed by atoms with Crippen molar-refractivity contribution in [3.8, 4) is 5.88 Å². The Bertz CT molecular complexity index is 727. The zero-order valence-corrected chi connectivity index (χ0v) is 14.0. The van der Waals surface area contributed by atoms with Crippen LogP contribution in [0.5, 0.6) is 5.88 Å². The van der Waals surface area contributed by atoms with E-state index in [1.165, 1.54) is 24.9 Å². The molecule has 1 N–H and O–H groups in total. The van der Waals surface area contributed by atoms with E-state index < -0.39 is 11.7 Å². The molecule has 0 aliphatic rings. The Morgan fingerprint density at radius 3 is 2.62 bits per heavy atom. The number of nitrogens with zero attached hydrogens (tertiary/aromatic N) is 3. The number of rotatable bonds is 5. The van der Waals surface area contributed by atoms with Crippen molar-refractivity contribution in [3.05, 3.63) is 41.5 Å². The zero-order chi connectivity index (χ0) is 17.7. The highest BCUT2D eigenvalue weighted by Gasteiger charge is 2.30. The lowest BCUT2D eigenvalue weighted by atomic mass is 10.1. The summed E-state index contributed by atoms with van der Waals surface area (Å²) in [5.41, 5.74) is 2.75. The van der Waals surface area contributed by atoms with E-state index in [0.717, 1.165) is 12.1 Å². The highest BCUT2D eigenvalue weighted by Crippen LogP contribution is 2.29. The molecule has 0 saturated carbocycles. The fourth-order valence-electron chi connectivity index (χ4n) is 1.78. The number of halogens is 3. The molecule has 0 amide bonds. The van der Waals surface area contributed by atoms with Gasteiger partial charge in [0.1, 0.15) is 0 Å². The number of ether oxygens (including phenoxy) is 1.